The van der Waals surface area contributed by atoms with Gasteiger partial charge in [0.1, 0.15) is 0 Å². The molecule has 6 heteroatoms. The number of hydrogen-bond donors (Lipinski definition) is 2. The maximum Gasteiger partial charge on any atom is 0.323 e. The number of rotatable bonds is 4. The number of benzene rings is 1. The van der Waals surface area contributed by atoms with Crippen molar-refractivity contribution < 1.29 is 9.59 Å². The molecule has 0 fully saturated rings. The summed E-state index contributed by atoms with van der Waals surface area (Å²) < 4.78 is 1.66. The van der Waals surface area contributed by atoms with Gasteiger partial charge in [-0.1, -0.05) is 6.92 Å². The van der Waals surface area contributed by atoms with Crippen LogP contribution >= 0.6 is 0 Å². The number of hydrogen-bond acceptors (Lipinski definition) is 3. The monoisotopic (exact) mass is 286 g/mol. The lowest BCUT2D eigenvalue weighted by Crippen LogP contribution is -2.19. The van der Waals surface area contributed by atoms with Crippen molar-refractivity contribution in [2.75, 3.05) is 10.6 Å². The van der Waals surface area contributed by atoms with Gasteiger partial charge in [0.2, 0.25) is 0 Å². The van der Waals surface area contributed by atoms with Crippen LogP contribution in [0.4, 0.5) is 16.2 Å². The zero-order valence-electron chi connectivity index (χ0n) is 12.3. The zero-order chi connectivity index (χ0) is 15.4. The van der Waals surface area contributed by atoms with Gasteiger partial charge in [-0.05, 0) is 37.6 Å². The molecule has 0 aliphatic heterocycles. The van der Waals surface area contributed by atoms with Gasteiger partial charge < -0.3 is 10.6 Å². The van der Waals surface area contributed by atoms with Crippen LogP contribution < -0.4 is 10.6 Å². The molecule has 0 bridgehead atoms. The Morgan fingerprint density at radius 1 is 1.19 bits per heavy atom. The number of Topliss-reactive ketones (excluding diaryl/α,β-unsaturated/α-hetero) is 1. The Morgan fingerprint density at radius 3 is 2.43 bits per heavy atom. The molecule has 2 aromatic rings. The normalized spacial score (nSPS) is 10.2. The Hall–Kier alpha value is -2.63. The summed E-state index contributed by atoms with van der Waals surface area (Å²) in [6, 6.07) is 6.41. The van der Waals surface area contributed by atoms with E-state index in [0.29, 0.717) is 16.9 Å². The molecule has 0 aliphatic carbocycles. The largest absolute Gasteiger partial charge is 0.323 e. The Balaban J connectivity index is 2.02. The summed E-state index contributed by atoms with van der Waals surface area (Å²) in [7, 11) is 1.81. The van der Waals surface area contributed by atoms with E-state index < -0.39 is 0 Å². The number of aryl methyl sites for hydroxylation is 2. The van der Waals surface area contributed by atoms with E-state index in [1.54, 1.807) is 35.1 Å². The molecule has 1 aromatic heterocycles. The van der Waals surface area contributed by atoms with E-state index in [4.69, 9.17) is 0 Å². The van der Waals surface area contributed by atoms with Crippen molar-refractivity contribution in [2.45, 2.75) is 20.3 Å². The predicted octanol–water partition coefficient (Wildman–Crippen LogP) is 2.83. The molecule has 21 heavy (non-hydrogen) atoms. The highest BCUT2D eigenvalue weighted by atomic mass is 16.2. The fraction of sp³-hybridized carbons (Fsp3) is 0.267. The number of nitrogens with one attached hydrogen (secondary N) is 2. The Bertz CT molecular complexity index is 659. The van der Waals surface area contributed by atoms with Gasteiger partial charge in [0.25, 0.3) is 0 Å². The highest BCUT2D eigenvalue weighted by Crippen LogP contribution is 2.15. The molecule has 6 nitrogen and oxygen atoms in total. The van der Waals surface area contributed by atoms with Crippen molar-refractivity contribution in [3.05, 3.63) is 41.7 Å². The fourth-order valence-corrected chi connectivity index (χ4v) is 1.97. The molecule has 1 aromatic carbocycles. The first kappa shape index (κ1) is 14.8. The van der Waals surface area contributed by atoms with E-state index in [0.717, 1.165) is 12.1 Å². The first-order valence-corrected chi connectivity index (χ1v) is 6.71. The van der Waals surface area contributed by atoms with Crippen LogP contribution in [0, 0.1) is 0 Å². The molecular formula is C15H18N4O2. The number of nitrogens with zero attached hydrogens (tertiary/aromatic N) is 2. The Kier molecular flexibility index (Phi) is 4.37. The molecule has 110 valence electrons. The summed E-state index contributed by atoms with van der Waals surface area (Å²) in [6.07, 6.45) is 2.50. The molecule has 0 radical (unpaired) electrons. The van der Waals surface area contributed by atoms with Gasteiger partial charge >= 0.3 is 6.03 Å². The summed E-state index contributed by atoms with van der Waals surface area (Å²) in [4.78, 5) is 23.1. The van der Waals surface area contributed by atoms with Crippen LogP contribution in [0.1, 0.15) is 29.9 Å². The average Bonchev–Trinajstić information content (AvgIpc) is 2.79. The molecule has 0 saturated heterocycles. The first-order chi connectivity index (χ1) is 9.99. The minimum Gasteiger partial charge on any atom is -0.308 e. The van der Waals surface area contributed by atoms with Gasteiger partial charge in [-0.25, -0.2) is 4.79 Å². The molecular weight excluding hydrogens is 268 g/mol. The van der Waals surface area contributed by atoms with Crippen LogP contribution in [0.2, 0.25) is 0 Å². The second-order valence-electron chi connectivity index (χ2n) is 4.73. The quantitative estimate of drug-likeness (QED) is 0.848. The van der Waals surface area contributed by atoms with Crippen molar-refractivity contribution in [1.82, 2.24) is 9.78 Å². The van der Waals surface area contributed by atoms with Crippen molar-refractivity contribution in [2.24, 2.45) is 7.05 Å². The lowest BCUT2D eigenvalue weighted by atomic mass is 10.1. The molecule has 0 saturated carbocycles. The lowest BCUT2D eigenvalue weighted by Gasteiger charge is -2.07. The summed E-state index contributed by atoms with van der Waals surface area (Å²) in [6.45, 7) is 3.48. The number of carbonyl (C=O) groups is 2. The summed E-state index contributed by atoms with van der Waals surface area (Å²) in [5, 5.41) is 9.74. The number of aromatic nitrogens is 2. The topological polar surface area (TPSA) is 76.0 Å². The van der Waals surface area contributed by atoms with Crippen molar-refractivity contribution in [3.63, 3.8) is 0 Å². The molecule has 1 heterocycles. The number of urea groups is 1. The average molecular weight is 286 g/mol. The fourth-order valence-electron chi connectivity index (χ4n) is 1.97. The van der Waals surface area contributed by atoms with Crippen LogP contribution in [-0.2, 0) is 13.5 Å². The summed E-state index contributed by atoms with van der Waals surface area (Å²) in [5.74, 6) is -0.00560. The van der Waals surface area contributed by atoms with Crippen LogP contribution in [0.15, 0.2) is 30.5 Å². The SMILES string of the molecule is CCc1nn(C)cc1NC(=O)Nc1ccc(C(C)=O)cc1. The van der Waals surface area contributed by atoms with Crippen LogP contribution in [-0.4, -0.2) is 21.6 Å². The molecule has 0 aliphatic rings. The number of amides is 2. The third-order valence-corrected chi connectivity index (χ3v) is 3.04. The molecule has 0 spiro atoms. The minimum atomic E-state index is -0.340. The van der Waals surface area contributed by atoms with Gasteiger partial charge in [-0.3, -0.25) is 9.48 Å². The van der Waals surface area contributed by atoms with E-state index in [2.05, 4.69) is 15.7 Å². The van der Waals surface area contributed by atoms with Crippen LogP contribution in [0.3, 0.4) is 0 Å². The molecule has 2 amide bonds. The maximum absolute atomic E-state index is 12.0. The smallest absolute Gasteiger partial charge is 0.308 e. The first-order valence-electron chi connectivity index (χ1n) is 6.71. The second kappa shape index (κ2) is 6.21. The highest BCUT2D eigenvalue weighted by Gasteiger charge is 2.09. The molecule has 0 unspecified atom stereocenters. The van der Waals surface area contributed by atoms with E-state index in [1.807, 2.05) is 14.0 Å². The van der Waals surface area contributed by atoms with Crippen LogP contribution in [0.5, 0.6) is 0 Å². The molecule has 2 rings (SSSR count). The second-order valence-corrected chi connectivity index (χ2v) is 4.73. The molecule has 2 N–H and O–H groups in total. The van der Waals surface area contributed by atoms with Crippen molar-refractivity contribution in [3.8, 4) is 0 Å². The van der Waals surface area contributed by atoms with E-state index >= 15 is 0 Å². The third kappa shape index (κ3) is 3.68. The highest BCUT2D eigenvalue weighted by molar-refractivity contribution is 6.00. The Morgan fingerprint density at radius 2 is 1.86 bits per heavy atom. The molecule has 0 atom stereocenters. The standard InChI is InChI=1S/C15H18N4O2/c1-4-13-14(9-19(3)18-13)17-15(21)16-12-7-5-11(6-8-12)10(2)20/h5-9H,4H2,1-3H3,(H2,16,17,21). The van der Waals surface area contributed by atoms with Gasteiger partial charge in [0, 0.05) is 24.5 Å². The van der Waals surface area contributed by atoms with Crippen molar-refractivity contribution >= 4 is 23.2 Å². The summed E-state index contributed by atoms with van der Waals surface area (Å²) in [5.41, 5.74) is 2.76. The lowest BCUT2D eigenvalue weighted by molar-refractivity contribution is 0.101. The van der Waals surface area contributed by atoms with Gasteiger partial charge in [-0.15, -0.1) is 0 Å². The van der Waals surface area contributed by atoms with Gasteiger partial charge in [0.05, 0.1) is 11.4 Å². The third-order valence-electron chi connectivity index (χ3n) is 3.04. The van der Waals surface area contributed by atoms with Gasteiger partial charge in [-0.2, -0.15) is 5.10 Å². The number of carbonyl (C=O) groups excluding carboxylic acids is 2. The Labute approximate surface area is 123 Å². The van der Waals surface area contributed by atoms with E-state index in [1.165, 1.54) is 6.92 Å². The van der Waals surface area contributed by atoms with Crippen molar-refractivity contribution in [1.29, 1.82) is 0 Å². The van der Waals surface area contributed by atoms with E-state index in [-0.39, 0.29) is 11.8 Å². The minimum absolute atomic E-state index is 0.00560. The number of ketones is 1. The summed E-state index contributed by atoms with van der Waals surface area (Å²) >= 11 is 0. The maximum atomic E-state index is 12.0. The predicted molar refractivity (Wildman–Crippen MR) is 81.7 cm³/mol. The number of anilines is 2. The van der Waals surface area contributed by atoms with Crippen LogP contribution in [0.25, 0.3) is 0 Å². The zero-order valence-corrected chi connectivity index (χ0v) is 12.3. The van der Waals surface area contributed by atoms with E-state index in [9.17, 15) is 9.59 Å². The van der Waals surface area contributed by atoms with Gasteiger partial charge in [0.15, 0.2) is 5.78 Å².